The van der Waals surface area contributed by atoms with E-state index in [2.05, 4.69) is 54.2 Å². The molecule has 0 saturated carbocycles. The molecule has 1 aliphatic carbocycles. The van der Waals surface area contributed by atoms with Crippen molar-refractivity contribution in [3.8, 4) is 0 Å². The van der Waals surface area contributed by atoms with Gasteiger partial charge in [-0.1, -0.05) is 30.4 Å². The second-order valence-electron chi connectivity index (χ2n) is 4.68. The molecule has 0 aliphatic heterocycles. The minimum atomic E-state index is 0.625. The number of fused-ring (bicyclic) bond motifs is 1. The SMILES string of the molecule is Cn1cc(C2C=CCCC2)c2ccccc21. The molecule has 1 unspecified atom stereocenters. The monoisotopic (exact) mass is 211 g/mol. The van der Waals surface area contributed by atoms with Gasteiger partial charge in [0, 0.05) is 30.1 Å². The van der Waals surface area contributed by atoms with Crippen molar-refractivity contribution in [3.63, 3.8) is 0 Å². The average molecular weight is 211 g/mol. The smallest absolute Gasteiger partial charge is 0.0480 e. The van der Waals surface area contributed by atoms with E-state index in [1.807, 2.05) is 0 Å². The van der Waals surface area contributed by atoms with Crippen molar-refractivity contribution < 1.29 is 0 Å². The molecular formula is C15H17N. The van der Waals surface area contributed by atoms with Gasteiger partial charge < -0.3 is 4.57 Å². The van der Waals surface area contributed by atoms with Gasteiger partial charge >= 0.3 is 0 Å². The lowest BCUT2D eigenvalue weighted by Crippen LogP contribution is -1.98. The first-order valence-corrected chi connectivity index (χ1v) is 6.07. The van der Waals surface area contributed by atoms with E-state index in [0.717, 1.165) is 0 Å². The van der Waals surface area contributed by atoms with Crippen molar-refractivity contribution >= 4 is 10.9 Å². The number of benzene rings is 1. The Balaban J connectivity index is 2.16. The van der Waals surface area contributed by atoms with Crippen LogP contribution in [0.4, 0.5) is 0 Å². The Morgan fingerprint density at radius 3 is 2.94 bits per heavy atom. The van der Waals surface area contributed by atoms with Crippen LogP contribution in [-0.4, -0.2) is 4.57 Å². The Morgan fingerprint density at radius 1 is 1.25 bits per heavy atom. The predicted octanol–water partition coefficient (Wildman–Crippen LogP) is 4.00. The van der Waals surface area contributed by atoms with E-state index < -0.39 is 0 Å². The molecule has 1 nitrogen and oxygen atoms in total. The molecule has 0 saturated heterocycles. The zero-order chi connectivity index (χ0) is 11.0. The Bertz CT molecular complexity index is 533. The van der Waals surface area contributed by atoms with Gasteiger partial charge in [0.2, 0.25) is 0 Å². The summed E-state index contributed by atoms with van der Waals surface area (Å²) >= 11 is 0. The van der Waals surface area contributed by atoms with Gasteiger partial charge in [-0.05, 0) is 30.9 Å². The molecule has 0 bridgehead atoms. The van der Waals surface area contributed by atoms with Crippen LogP contribution in [0.25, 0.3) is 10.9 Å². The lowest BCUT2D eigenvalue weighted by molar-refractivity contribution is 0.656. The van der Waals surface area contributed by atoms with Crippen LogP contribution in [0.2, 0.25) is 0 Å². The van der Waals surface area contributed by atoms with Gasteiger partial charge in [0.1, 0.15) is 0 Å². The summed E-state index contributed by atoms with van der Waals surface area (Å²) in [6, 6.07) is 8.69. The summed E-state index contributed by atoms with van der Waals surface area (Å²) in [6.07, 6.45) is 10.9. The van der Waals surface area contributed by atoms with Crippen LogP contribution in [0.3, 0.4) is 0 Å². The molecule has 1 heteroatoms. The highest BCUT2D eigenvalue weighted by molar-refractivity contribution is 5.84. The number of aryl methyl sites for hydroxylation is 1. The summed E-state index contributed by atoms with van der Waals surface area (Å²) in [6.45, 7) is 0. The fraction of sp³-hybridized carbons (Fsp3) is 0.333. The van der Waals surface area contributed by atoms with E-state index in [9.17, 15) is 0 Å². The second-order valence-corrected chi connectivity index (χ2v) is 4.68. The van der Waals surface area contributed by atoms with Gasteiger partial charge in [-0.3, -0.25) is 0 Å². The molecule has 0 amide bonds. The van der Waals surface area contributed by atoms with E-state index in [1.165, 1.54) is 35.7 Å². The van der Waals surface area contributed by atoms with Crippen LogP contribution in [0.1, 0.15) is 30.7 Å². The molecule has 1 aliphatic rings. The summed E-state index contributed by atoms with van der Waals surface area (Å²) in [7, 11) is 2.14. The maximum Gasteiger partial charge on any atom is 0.0480 e. The van der Waals surface area contributed by atoms with E-state index in [0.29, 0.717) is 5.92 Å². The standard InChI is InChI=1S/C15H17N/c1-16-11-14(12-7-3-2-4-8-12)13-9-5-6-10-15(13)16/h3,5-7,9-12H,2,4,8H2,1H3. The van der Waals surface area contributed by atoms with Gasteiger partial charge in [-0.15, -0.1) is 0 Å². The molecule has 3 rings (SSSR count). The van der Waals surface area contributed by atoms with Gasteiger partial charge in [0.15, 0.2) is 0 Å². The highest BCUT2D eigenvalue weighted by Gasteiger charge is 2.15. The van der Waals surface area contributed by atoms with Crippen molar-refractivity contribution in [1.29, 1.82) is 0 Å². The normalized spacial score (nSPS) is 20.4. The third kappa shape index (κ3) is 1.47. The molecule has 0 fully saturated rings. The van der Waals surface area contributed by atoms with E-state index in [4.69, 9.17) is 0 Å². The van der Waals surface area contributed by atoms with Gasteiger partial charge in [-0.2, -0.15) is 0 Å². The Labute approximate surface area is 96.4 Å². The third-order valence-corrected chi connectivity index (χ3v) is 3.58. The number of para-hydroxylation sites is 1. The molecule has 1 heterocycles. The molecular weight excluding hydrogens is 194 g/mol. The molecule has 16 heavy (non-hydrogen) atoms. The molecule has 0 N–H and O–H groups in total. The fourth-order valence-electron chi connectivity index (χ4n) is 2.74. The van der Waals surface area contributed by atoms with Crippen LogP contribution in [0.15, 0.2) is 42.6 Å². The van der Waals surface area contributed by atoms with Crippen molar-refractivity contribution in [2.75, 3.05) is 0 Å². The van der Waals surface area contributed by atoms with Gasteiger partial charge in [-0.25, -0.2) is 0 Å². The number of hydrogen-bond donors (Lipinski definition) is 0. The molecule has 0 spiro atoms. The third-order valence-electron chi connectivity index (χ3n) is 3.58. The lowest BCUT2D eigenvalue weighted by Gasteiger charge is -2.15. The van der Waals surface area contributed by atoms with Gasteiger partial charge in [0.25, 0.3) is 0 Å². The van der Waals surface area contributed by atoms with Crippen LogP contribution < -0.4 is 0 Å². The predicted molar refractivity (Wildman–Crippen MR) is 68.7 cm³/mol. The average Bonchev–Trinajstić information content (AvgIpc) is 2.69. The maximum atomic E-state index is 2.38. The van der Waals surface area contributed by atoms with Crippen LogP contribution in [0.5, 0.6) is 0 Å². The minimum Gasteiger partial charge on any atom is -0.350 e. The molecule has 0 radical (unpaired) electrons. The molecule has 1 aromatic carbocycles. The fourth-order valence-corrected chi connectivity index (χ4v) is 2.74. The van der Waals surface area contributed by atoms with Crippen molar-refractivity contribution in [3.05, 3.63) is 48.2 Å². The topological polar surface area (TPSA) is 4.93 Å². The van der Waals surface area contributed by atoms with E-state index in [1.54, 1.807) is 0 Å². The van der Waals surface area contributed by atoms with Crippen LogP contribution in [0, 0.1) is 0 Å². The van der Waals surface area contributed by atoms with Crippen molar-refractivity contribution in [2.24, 2.45) is 7.05 Å². The van der Waals surface area contributed by atoms with E-state index in [-0.39, 0.29) is 0 Å². The lowest BCUT2D eigenvalue weighted by atomic mass is 9.89. The number of rotatable bonds is 1. The number of aromatic nitrogens is 1. The zero-order valence-corrected chi connectivity index (χ0v) is 9.69. The number of hydrogen-bond acceptors (Lipinski definition) is 0. The van der Waals surface area contributed by atoms with Crippen LogP contribution in [-0.2, 0) is 7.05 Å². The van der Waals surface area contributed by atoms with Crippen molar-refractivity contribution in [2.45, 2.75) is 25.2 Å². The summed E-state index contributed by atoms with van der Waals surface area (Å²) in [4.78, 5) is 0. The summed E-state index contributed by atoms with van der Waals surface area (Å²) < 4.78 is 2.24. The second kappa shape index (κ2) is 3.82. The maximum absolute atomic E-state index is 2.38. The molecule has 1 atom stereocenters. The Hall–Kier alpha value is -1.50. The highest BCUT2D eigenvalue weighted by atomic mass is 14.9. The first-order valence-electron chi connectivity index (χ1n) is 6.07. The van der Waals surface area contributed by atoms with Crippen molar-refractivity contribution in [1.82, 2.24) is 4.57 Å². The Kier molecular flexibility index (Phi) is 2.32. The zero-order valence-electron chi connectivity index (χ0n) is 9.69. The first kappa shape index (κ1) is 9.71. The summed E-state index contributed by atoms with van der Waals surface area (Å²) in [5, 5.41) is 1.42. The summed E-state index contributed by atoms with van der Waals surface area (Å²) in [5.74, 6) is 0.625. The van der Waals surface area contributed by atoms with E-state index >= 15 is 0 Å². The molecule has 82 valence electrons. The summed E-state index contributed by atoms with van der Waals surface area (Å²) in [5.41, 5.74) is 2.84. The Morgan fingerprint density at radius 2 is 2.12 bits per heavy atom. The van der Waals surface area contributed by atoms with Crippen LogP contribution >= 0.6 is 0 Å². The quantitative estimate of drug-likeness (QED) is 0.628. The number of nitrogens with zero attached hydrogens (tertiary/aromatic N) is 1. The first-order chi connectivity index (χ1) is 7.86. The largest absolute Gasteiger partial charge is 0.350 e. The molecule has 2 aromatic rings. The van der Waals surface area contributed by atoms with Gasteiger partial charge in [0.05, 0.1) is 0 Å². The molecule has 1 aromatic heterocycles. The minimum absolute atomic E-state index is 0.625. The highest BCUT2D eigenvalue weighted by Crippen LogP contribution is 2.33. The number of allylic oxidation sites excluding steroid dienone is 2.